The molecular formula is C7H10N6O. The van der Waals surface area contributed by atoms with Gasteiger partial charge in [-0.15, -0.1) is 0 Å². The number of rotatable bonds is 3. The maximum Gasteiger partial charge on any atom is 0.228 e. The fourth-order valence-corrected chi connectivity index (χ4v) is 1.03. The zero-order valence-electron chi connectivity index (χ0n) is 7.64. The summed E-state index contributed by atoms with van der Waals surface area (Å²) in [6.45, 7) is 1.87. The molecule has 2 heterocycles. The number of hydrogen-bond donors (Lipinski definition) is 2. The van der Waals surface area contributed by atoms with E-state index in [1.54, 1.807) is 0 Å². The van der Waals surface area contributed by atoms with E-state index in [1.807, 2.05) is 6.92 Å². The van der Waals surface area contributed by atoms with Crippen molar-refractivity contribution in [3.8, 4) is 11.5 Å². The van der Waals surface area contributed by atoms with Gasteiger partial charge in [0.1, 0.15) is 0 Å². The third-order valence-corrected chi connectivity index (χ3v) is 1.61. The maximum atomic E-state index is 5.59. The fourth-order valence-electron chi connectivity index (χ4n) is 1.03. The van der Waals surface area contributed by atoms with E-state index in [0.29, 0.717) is 23.8 Å². The molecule has 74 valence electrons. The molecule has 0 aliphatic rings. The summed E-state index contributed by atoms with van der Waals surface area (Å²) in [5, 5.41) is 13.7. The normalized spacial score (nSPS) is 13.0. The van der Waals surface area contributed by atoms with Crippen LogP contribution in [-0.2, 0) is 6.42 Å². The molecule has 0 amide bonds. The average molecular weight is 194 g/mol. The van der Waals surface area contributed by atoms with Gasteiger partial charge in [-0.25, -0.2) is 0 Å². The molecule has 0 aliphatic carbocycles. The van der Waals surface area contributed by atoms with Crippen molar-refractivity contribution in [3.63, 3.8) is 0 Å². The number of nitrogens with zero attached hydrogens (tertiary/aromatic N) is 4. The summed E-state index contributed by atoms with van der Waals surface area (Å²) >= 11 is 0. The molecule has 7 nitrogen and oxygen atoms in total. The van der Waals surface area contributed by atoms with Gasteiger partial charge in [-0.3, -0.25) is 0 Å². The van der Waals surface area contributed by atoms with Crippen LogP contribution in [-0.4, -0.2) is 31.6 Å². The van der Waals surface area contributed by atoms with Crippen LogP contribution < -0.4 is 5.73 Å². The summed E-state index contributed by atoms with van der Waals surface area (Å²) in [6, 6.07) is 0.000564. The highest BCUT2D eigenvalue weighted by Crippen LogP contribution is 2.10. The molecule has 0 aliphatic heterocycles. The van der Waals surface area contributed by atoms with Gasteiger partial charge in [0, 0.05) is 12.5 Å². The molecule has 7 heteroatoms. The van der Waals surface area contributed by atoms with Gasteiger partial charge in [0.25, 0.3) is 0 Å². The highest BCUT2D eigenvalue weighted by Gasteiger charge is 2.11. The van der Waals surface area contributed by atoms with E-state index < -0.39 is 0 Å². The summed E-state index contributed by atoms with van der Waals surface area (Å²) in [6.07, 6.45) is 2.09. The van der Waals surface area contributed by atoms with Gasteiger partial charge in [0.05, 0.1) is 6.20 Å². The number of aromatic nitrogens is 5. The van der Waals surface area contributed by atoms with Gasteiger partial charge >= 0.3 is 0 Å². The predicted octanol–water partition coefficient (Wildman–Crippen LogP) is -0.256. The van der Waals surface area contributed by atoms with Crippen molar-refractivity contribution in [1.29, 1.82) is 0 Å². The van der Waals surface area contributed by atoms with Gasteiger partial charge in [0.2, 0.25) is 11.7 Å². The lowest BCUT2D eigenvalue weighted by Crippen LogP contribution is -2.17. The Balaban J connectivity index is 2.18. The molecule has 2 rings (SSSR count). The lowest BCUT2D eigenvalue weighted by molar-refractivity contribution is 0.372. The van der Waals surface area contributed by atoms with Crippen molar-refractivity contribution >= 4 is 0 Å². The van der Waals surface area contributed by atoms with Crippen LogP contribution in [0.2, 0.25) is 0 Å². The van der Waals surface area contributed by atoms with E-state index in [9.17, 15) is 0 Å². The van der Waals surface area contributed by atoms with Crippen LogP contribution in [0.4, 0.5) is 0 Å². The lowest BCUT2D eigenvalue weighted by Gasteiger charge is -1.96. The second kappa shape index (κ2) is 3.54. The minimum Gasteiger partial charge on any atom is -0.339 e. The summed E-state index contributed by atoms with van der Waals surface area (Å²) < 4.78 is 4.98. The van der Waals surface area contributed by atoms with E-state index in [1.165, 1.54) is 6.20 Å². The molecule has 1 atom stereocenters. The fraction of sp³-hybridized carbons (Fsp3) is 0.429. The SMILES string of the molecule is CC(N)Cc1nc(-c2cn[nH]n2)no1. The lowest BCUT2D eigenvalue weighted by atomic mass is 10.2. The smallest absolute Gasteiger partial charge is 0.228 e. The van der Waals surface area contributed by atoms with Crippen molar-refractivity contribution in [2.45, 2.75) is 19.4 Å². The van der Waals surface area contributed by atoms with E-state index in [4.69, 9.17) is 10.3 Å². The third kappa shape index (κ3) is 1.77. The number of H-pyrrole nitrogens is 1. The van der Waals surface area contributed by atoms with Gasteiger partial charge in [-0.05, 0) is 6.92 Å². The van der Waals surface area contributed by atoms with Crippen LogP contribution in [0, 0.1) is 0 Å². The second-order valence-electron chi connectivity index (χ2n) is 3.05. The minimum absolute atomic E-state index is 0.000564. The molecule has 3 N–H and O–H groups in total. The van der Waals surface area contributed by atoms with Gasteiger partial charge in [0.15, 0.2) is 5.69 Å². The molecule has 0 saturated carbocycles. The monoisotopic (exact) mass is 194 g/mol. The van der Waals surface area contributed by atoms with Crippen LogP contribution in [0.15, 0.2) is 10.7 Å². The first-order chi connectivity index (χ1) is 6.75. The Morgan fingerprint density at radius 1 is 1.64 bits per heavy atom. The van der Waals surface area contributed by atoms with E-state index in [-0.39, 0.29) is 6.04 Å². The van der Waals surface area contributed by atoms with Crippen LogP contribution in [0.1, 0.15) is 12.8 Å². The molecule has 0 aromatic carbocycles. The second-order valence-corrected chi connectivity index (χ2v) is 3.05. The standard InChI is InChI=1S/C7H10N6O/c1-4(8)2-6-10-7(12-14-6)5-3-9-13-11-5/h3-4H,2,8H2,1H3,(H,9,11,13). The summed E-state index contributed by atoms with van der Waals surface area (Å²) in [5.41, 5.74) is 6.15. The summed E-state index contributed by atoms with van der Waals surface area (Å²) in [5.74, 6) is 0.937. The number of aromatic amines is 1. The van der Waals surface area contributed by atoms with E-state index in [0.717, 1.165) is 0 Å². The zero-order chi connectivity index (χ0) is 9.97. The molecule has 0 bridgehead atoms. The third-order valence-electron chi connectivity index (χ3n) is 1.61. The largest absolute Gasteiger partial charge is 0.339 e. The molecule has 0 fully saturated rings. The predicted molar refractivity (Wildman–Crippen MR) is 47.0 cm³/mol. The average Bonchev–Trinajstić information content (AvgIpc) is 2.69. The van der Waals surface area contributed by atoms with Crippen LogP contribution in [0.5, 0.6) is 0 Å². The Bertz CT molecular complexity index is 392. The Hall–Kier alpha value is -1.76. The first kappa shape index (κ1) is 8.82. The minimum atomic E-state index is 0.000564. The number of nitrogens with one attached hydrogen (secondary N) is 1. The molecule has 0 spiro atoms. The number of nitrogens with two attached hydrogens (primary N) is 1. The van der Waals surface area contributed by atoms with Crippen LogP contribution in [0.25, 0.3) is 11.5 Å². The zero-order valence-corrected chi connectivity index (χ0v) is 7.64. The first-order valence-electron chi connectivity index (χ1n) is 4.20. The van der Waals surface area contributed by atoms with Crippen molar-refractivity contribution in [2.75, 3.05) is 0 Å². The molecule has 2 aromatic rings. The quantitative estimate of drug-likeness (QED) is 0.697. The number of hydrogen-bond acceptors (Lipinski definition) is 6. The van der Waals surface area contributed by atoms with Crippen LogP contribution >= 0.6 is 0 Å². The Morgan fingerprint density at radius 3 is 3.14 bits per heavy atom. The first-order valence-corrected chi connectivity index (χ1v) is 4.20. The summed E-state index contributed by atoms with van der Waals surface area (Å²) in [4.78, 5) is 4.11. The van der Waals surface area contributed by atoms with Crippen LogP contribution in [0.3, 0.4) is 0 Å². The highest BCUT2D eigenvalue weighted by atomic mass is 16.5. The van der Waals surface area contributed by atoms with Gasteiger partial charge < -0.3 is 10.3 Å². The van der Waals surface area contributed by atoms with Gasteiger partial charge in [-0.1, -0.05) is 5.16 Å². The van der Waals surface area contributed by atoms with E-state index in [2.05, 4.69) is 25.6 Å². The van der Waals surface area contributed by atoms with Crippen molar-refractivity contribution < 1.29 is 4.52 Å². The van der Waals surface area contributed by atoms with Crippen molar-refractivity contribution in [1.82, 2.24) is 25.6 Å². The molecule has 2 aromatic heterocycles. The Morgan fingerprint density at radius 2 is 2.50 bits per heavy atom. The van der Waals surface area contributed by atoms with E-state index >= 15 is 0 Å². The Labute approximate surface area is 79.7 Å². The topological polar surface area (TPSA) is 107 Å². The molecule has 14 heavy (non-hydrogen) atoms. The Kier molecular flexibility index (Phi) is 2.23. The molecule has 0 saturated heterocycles. The highest BCUT2D eigenvalue weighted by molar-refractivity contribution is 5.44. The molecule has 1 unspecified atom stereocenters. The molecular weight excluding hydrogens is 184 g/mol. The molecule has 0 radical (unpaired) electrons. The van der Waals surface area contributed by atoms with Gasteiger partial charge in [-0.2, -0.15) is 20.4 Å². The maximum absolute atomic E-state index is 5.59. The van der Waals surface area contributed by atoms with Crippen molar-refractivity contribution in [2.24, 2.45) is 5.73 Å². The van der Waals surface area contributed by atoms with Crippen molar-refractivity contribution in [3.05, 3.63) is 12.1 Å². The summed E-state index contributed by atoms with van der Waals surface area (Å²) in [7, 11) is 0.